The van der Waals surface area contributed by atoms with E-state index in [1.54, 1.807) is 0 Å². The maximum atomic E-state index is 11.9. The minimum absolute atomic E-state index is 0.196. The highest BCUT2D eigenvalue weighted by Crippen LogP contribution is 2.23. The van der Waals surface area contributed by atoms with Crippen LogP contribution >= 0.6 is 0 Å². The number of amides is 1. The first-order valence-electron chi connectivity index (χ1n) is 5.93. The first-order valence-corrected chi connectivity index (χ1v) is 5.93. The lowest BCUT2D eigenvalue weighted by Gasteiger charge is -2.32. The lowest BCUT2D eigenvalue weighted by atomic mass is 9.93. The minimum Gasteiger partial charge on any atom is -0.343 e. The van der Waals surface area contributed by atoms with Gasteiger partial charge < -0.3 is 4.90 Å². The first-order chi connectivity index (χ1) is 6.66. The van der Waals surface area contributed by atoms with E-state index in [1.807, 2.05) is 18.9 Å². The van der Waals surface area contributed by atoms with Crippen LogP contribution in [-0.4, -0.2) is 23.9 Å². The van der Waals surface area contributed by atoms with Crippen molar-refractivity contribution < 1.29 is 4.79 Å². The Bertz CT molecular complexity index is 185. The van der Waals surface area contributed by atoms with Crippen LogP contribution in [0.4, 0.5) is 0 Å². The smallest absolute Gasteiger partial charge is 0.225 e. The average molecular weight is 197 g/mol. The second-order valence-corrected chi connectivity index (χ2v) is 4.55. The maximum Gasteiger partial charge on any atom is 0.225 e. The summed E-state index contributed by atoms with van der Waals surface area (Å²) in [6.45, 7) is 4.11. The van der Waals surface area contributed by atoms with Gasteiger partial charge in [-0.2, -0.15) is 0 Å². The van der Waals surface area contributed by atoms with Crippen molar-refractivity contribution in [3.05, 3.63) is 0 Å². The first kappa shape index (κ1) is 11.5. The van der Waals surface area contributed by atoms with Crippen LogP contribution in [0.15, 0.2) is 0 Å². The van der Waals surface area contributed by atoms with Crippen LogP contribution in [0, 0.1) is 5.92 Å². The zero-order chi connectivity index (χ0) is 10.6. The van der Waals surface area contributed by atoms with E-state index < -0.39 is 0 Å². The van der Waals surface area contributed by atoms with Gasteiger partial charge in [-0.25, -0.2) is 0 Å². The van der Waals surface area contributed by atoms with Gasteiger partial charge in [0.1, 0.15) is 0 Å². The largest absolute Gasteiger partial charge is 0.343 e. The molecule has 0 radical (unpaired) electrons. The molecule has 82 valence electrons. The Morgan fingerprint density at radius 2 is 1.93 bits per heavy atom. The van der Waals surface area contributed by atoms with Crippen LogP contribution in [0.3, 0.4) is 0 Å². The number of carbonyl (C=O) groups excluding carboxylic acids is 1. The molecule has 0 aliphatic heterocycles. The summed E-state index contributed by atoms with van der Waals surface area (Å²) < 4.78 is 0. The molecule has 14 heavy (non-hydrogen) atoms. The number of rotatable bonds is 3. The van der Waals surface area contributed by atoms with Crippen LogP contribution in [0.2, 0.25) is 0 Å². The third-order valence-corrected chi connectivity index (χ3v) is 3.50. The van der Waals surface area contributed by atoms with Gasteiger partial charge in [-0.3, -0.25) is 4.79 Å². The van der Waals surface area contributed by atoms with Gasteiger partial charge in [0.25, 0.3) is 0 Å². The summed E-state index contributed by atoms with van der Waals surface area (Å²) in [7, 11) is 1.98. The number of nitrogens with zero attached hydrogens (tertiary/aromatic N) is 1. The van der Waals surface area contributed by atoms with Crippen LogP contribution in [0.1, 0.15) is 52.4 Å². The molecule has 1 amide bonds. The van der Waals surface area contributed by atoms with Gasteiger partial charge in [-0.1, -0.05) is 33.1 Å². The highest BCUT2D eigenvalue weighted by molar-refractivity contribution is 5.78. The van der Waals surface area contributed by atoms with E-state index in [-0.39, 0.29) is 5.92 Å². The van der Waals surface area contributed by atoms with E-state index in [4.69, 9.17) is 0 Å². The molecule has 0 saturated heterocycles. The van der Waals surface area contributed by atoms with Crippen LogP contribution in [-0.2, 0) is 4.79 Å². The molecule has 0 bridgehead atoms. The summed E-state index contributed by atoms with van der Waals surface area (Å²) >= 11 is 0. The van der Waals surface area contributed by atoms with Crippen molar-refractivity contribution in [3.8, 4) is 0 Å². The van der Waals surface area contributed by atoms with Gasteiger partial charge in [0.05, 0.1) is 0 Å². The molecular weight excluding hydrogens is 174 g/mol. The molecule has 1 aliphatic carbocycles. The Morgan fingerprint density at radius 3 is 2.43 bits per heavy atom. The molecule has 2 nitrogen and oxygen atoms in total. The molecule has 1 fully saturated rings. The fourth-order valence-electron chi connectivity index (χ4n) is 2.17. The third kappa shape index (κ3) is 2.73. The summed E-state index contributed by atoms with van der Waals surface area (Å²) in [5, 5.41) is 0. The van der Waals surface area contributed by atoms with E-state index in [1.165, 1.54) is 32.1 Å². The molecule has 0 aromatic rings. The van der Waals surface area contributed by atoms with Gasteiger partial charge in [0.15, 0.2) is 0 Å². The third-order valence-electron chi connectivity index (χ3n) is 3.50. The molecule has 0 spiro atoms. The van der Waals surface area contributed by atoms with Gasteiger partial charge in [-0.15, -0.1) is 0 Å². The van der Waals surface area contributed by atoms with Gasteiger partial charge in [0.2, 0.25) is 5.91 Å². The molecule has 1 aliphatic rings. The highest BCUT2D eigenvalue weighted by Gasteiger charge is 2.24. The fraction of sp³-hybridized carbons (Fsp3) is 0.917. The van der Waals surface area contributed by atoms with Crippen molar-refractivity contribution in [1.29, 1.82) is 0 Å². The summed E-state index contributed by atoms with van der Waals surface area (Å²) in [6.07, 6.45) is 7.31. The Hall–Kier alpha value is -0.530. The van der Waals surface area contributed by atoms with Gasteiger partial charge in [-0.05, 0) is 19.3 Å². The summed E-state index contributed by atoms with van der Waals surface area (Å²) in [6, 6.07) is 0.519. The van der Waals surface area contributed by atoms with Gasteiger partial charge >= 0.3 is 0 Å². The zero-order valence-corrected chi connectivity index (χ0v) is 9.75. The van der Waals surface area contributed by atoms with E-state index in [9.17, 15) is 4.79 Å². The average Bonchev–Trinajstić information content (AvgIpc) is 2.27. The predicted molar refractivity (Wildman–Crippen MR) is 59.1 cm³/mol. The second kappa shape index (κ2) is 5.38. The summed E-state index contributed by atoms with van der Waals surface area (Å²) in [5.41, 5.74) is 0. The second-order valence-electron chi connectivity index (χ2n) is 4.55. The summed E-state index contributed by atoms with van der Waals surface area (Å²) in [5.74, 6) is 0.529. The van der Waals surface area contributed by atoms with Crippen LogP contribution in [0.5, 0.6) is 0 Å². The molecule has 0 aromatic heterocycles. The number of hydrogen-bond donors (Lipinski definition) is 0. The standard InChI is InChI=1S/C12H23NO/c1-4-10(2)12(14)13(3)11-8-6-5-7-9-11/h10-11H,4-9H2,1-3H3. The number of carbonyl (C=O) groups is 1. The molecule has 0 heterocycles. The monoisotopic (exact) mass is 197 g/mol. The topological polar surface area (TPSA) is 20.3 Å². The van der Waals surface area contributed by atoms with Crippen LogP contribution in [0.25, 0.3) is 0 Å². The molecule has 1 rings (SSSR count). The SMILES string of the molecule is CCC(C)C(=O)N(C)C1CCCCC1. The predicted octanol–water partition coefficient (Wildman–Crippen LogP) is 2.82. The van der Waals surface area contributed by atoms with Crippen molar-refractivity contribution in [1.82, 2.24) is 4.90 Å². The molecule has 0 N–H and O–H groups in total. The molecule has 2 heteroatoms. The molecule has 0 aromatic carbocycles. The Balaban J connectivity index is 2.45. The van der Waals surface area contributed by atoms with Crippen molar-refractivity contribution in [2.24, 2.45) is 5.92 Å². The lowest BCUT2D eigenvalue weighted by Crippen LogP contribution is -2.40. The van der Waals surface area contributed by atoms with Crippen molar-refractivity contribution in [3.63, 3.8) is 0 Å². The molecule has 1 unspecified atom stereocenters. The molecule has 1 atom stereocenters. The van der Waals surface area contributed by atoms with E-state index in [2.05, 4.69) is 6.92 Å². The quantitative estimate of drug-likeness (QED) is 0.681. The molecule has 1 saturated carbocycles. The van der Waals surface area contributed by atoms with E-state index in [0.29, 0.717) is 11.9 Å². The minimum atomic E-state index is 0.196. The van der Waals surface area contributed by atoms with E-state index >= 15 is 0 Å². The molecular formula is C12H23NO. The Labute approximate surface area is 87.7 Å². The fourth-order valence-corrected chi connectivity index (χ4v) is 2.17. The van der Waals surface area contributed by atoms with Crippen molar-refractivity contribution in [2.45, 2.75) is 58.4 Å². The van der Waals surface area contributed by atoms with E-state index in [0.717, 1.165) is 6.42 Å². The van der Waals surface area contributed by atoms with Crippen molar-refractivity contribution >= 4 is 5.91 Å². The lowest BCUT2D eigenvalue weighted by molar-refractivity contribution is -0.136. The zero-order valence-electron chi connectivity index (χ0n) is 9.75. The van der Waals surface area contributed by atoms with Crippen molar-refractivity contribution in [2.75, 3.05) is 7.05 Å². The van der Waals surface area contributed by atoms with Gasteiger partial charge in [0, 0.05) is 19.0 Å². The van der Waals surface area contributed by atoms with Crippen LogP contribution < -0.4 is 0 Å². The number of hydrogen-bond acceptors (Lipinski definition) is 1. The Morgan fingerprint density at radius 1 is 1.36 bits per heavy atom. The summed E-state index contributed by atoms with van der Waals surface area (Å²) in [4.78, 5) is 13.9. The highest BCUT2D eigenvalue weighted by atomic mass is 16.2. The normalized spacial score (nSPS) is 20.5. The Kier molecular flexibility index (Phi) is 4.43. The maximum absolute atomic E-state index is 11.9.